The predicted molar refractivity (Wildman–Crippen MR) is 147 cm³/mol. The molecule has 37 heavy (non-hydrogen) atoms. The number of hydrogen-bond acceptors (Lipinski definition) is 4. The van der Waals surface area contributed by atoms with Crippen LogP contribution < -0.4 is 16.0 Å². The summed E-state index contributed by atoms with van der Waals surface area (Å²) in [6.07, 6.45) is 1.73. The Kier molecular flexibility index (Phi) is 7.14. The van der Waals surface area contributed by atoms with E-state index in [1.54, 1.807) is 6.07 Å². The van der Waals surface area contributed by atoms with Crippen molar-refractivity contribution in [1.29, 1.82) is 0 Å². The number of nitrogens with one attached hydrogen (secondary N) is 3. The largest absolute Gasteiger partial charge is 0.391 e. The van der Waals surface area contributed by atoms with Crippen LogP contribution >= 0.6 is 0 Å². The van der Waals surface area contributed by atoms with Crippen molar-refractivity contribution in [1.82, 2.24) is 10.3 Å². The first kappa shape index (κ1) is 24.5. The molecule has 1 heterocycles. The Morgan fingerprint density at radius 2 is 1.62 bits per heavy atom. The Balaban J connectivity index is 1.65. The predicted octanol–water partition coefficient (Wildman–Crippen LogP) is 5.81. The molecule has 0 unspecified atom stereocenters. The van der Waals surface area contributed by atoms with Gasteiger partial charge in [0, 0.05) is 34.7 Å². The molecule has 1 fully saturated rings. The molecule has 1 saturated carbocycles. The third-order valence-corrected chi connectivity index (χ3v) is 6.52. The van der Waals surface area contributed by atoms with E-state index in [1.807, 2.05) is 79.7 Å². The Labute approximate surface area is 215 Å². The molecule has 7 nitrogen and oxygen atoms in total. The van der Waals surface area contributed by atoms with Gasteiger partial charge in [0.05, 0.1) is 23.0 Å². The number of carbonyl (C=O) groups is 2. The molecule has 1 aliphatic carbocycles. The van der Waals surface area contributed by atoms with E-state index in [1.165, 1.54) is 0 Å². The molecule has 0 radical (unpaired) electrons. The lowest BCUT2D eigenvalue weighted by Crippen LogP contribution is -2.34. The number of nitrogens with zero attached hydrogens (tertiary/aromatic N) is 1. The number of carbonyl (C=O) groups excluding carboxylic acids is 2. The van der Waals surface area contributed by atoms with Crippen LogP contribution in [0.5, 0.6) is 0 Å². The van der Waals surface area contributed by atoms with Crippen LogP contribution in [0.2, 0.25) is 0 Å². The Morgan fingerprint density at radius 3 is 2.27 bits per heavy atom. The molecule has 188 valence electrons. The monoisotopic (exact) mass is 494 g/mol. The van der Waals surface area contributed by atoms with Crippen LogP contribution in [0.1, 0.15) is 26.2 Å². The van der Waals surface area contributed by atoms with Gasteiger partial charge in [0.15, 0.2) is 0 Å². The van der Waals surface area contributed by atoms with Gasteiger partial charge in [-0.3, -0.25) is 4.79 Å². The number of rotatable bonds is 8. The summed E-state index contributed by atoms with van der Waals surface area (Å²) in [4.78, 5) is 30.5. The van der Waals surface area contributed by atoms with Gasteiger partial charge in [-0.15, -0.1) is 0 Å². The number of anilines is 2. The number of pyridine rings is 1. The van der Waals surface area contributed by atoms with Crippen molar-refractivity contribution in [3.05, 3.63) is 78.9 Å². The number of urea groups is 1. The second-order valence-corrected chi connectivity index (χ2v) is 9.34. The molecule has 3 aromatic carbocycles. The molecule has 1 aromatic heterocycles. The quantitative estimate of drug-likeness (QED) is 0.248. The van der Waals surface area contributed by atoms with E-state index in [-0.39, 0.29) is 18.4 Å². The number of amides is 3. The highest BCUT2D eigenvalue weighted by Crippen LogP contribution is 2.42. The Bertz CT molecular complexity index is 1420. The maximum atomic E-state index is 13.1. The first-order valence-corrected chi connectivity index (χ1v) is 12.7. The van der Waals surface area contributed by atoms with E-state index in [0.29, 0.717) is 23.3 Å². The van der Waals surface area contributed by atoms with Gasteiger partial charge in [0.1, 0.15) is 0 Å². The second-order valence-electron chi connectivity index (χ2n) is 9.34. The number of aliphatic hydroxyl groups excluding tert-OH is 1. The molecular weight excluding hydrogens is 464 g/mol. The maximum Gasteiger partial charge on any atom is 0.319 e. The Morgan fingerprint density at radius 1 is 0.946 bits per heavy atom. The van der Waals surface area contributed by atoms with Crippen molar-refractivity contribution < 1.29 is 14.7 Å². The van der Waals surface area contributed by atoms with Crippen molar-refractivity contribution in [2.75, 3.05) is 17.2 Å². The summed E-state index contributed by atoms with van der Waals surface area (Å²) < 4.78 is 0. The zero-order chi connectivity index (χ0) is 25.8. The third-order valence-electron chi connectivity index (χ3n) is 6.52. The van der Waals surface area contributed by atoms with Crippen LogP contribution in [-0.2, 0) is 4.79 Å². The molecule has 4 aromatic rings. The van der Waals surface area contributed by atoms with Gasteiger partial charge in [-0.2, -0.15) is 0 Å². The average Bonchev–Trinajstić information content (AvgIpc) is 3.78. The average molecular weight is 495 g/mol. The minimum Gasteiger partial charge on any atom is -0.391 e. The molecule has 3 amide bonds. The van der Waals surface area contributed by atoms with Crippen LogP contribution in [0, 0.1) is 5.92 Å². The van der Waals surface area contributed by atoms with Crippen LogP contribution in [0.25, 0.3) is 33.3 Å². The number of aromatic nitrogens is 1. The highest BCUT2D eigenvalue weighted by molar-refractivity contribution is 6.12. The lowest BCUT2D eigenvalue weighted by Gasteiger charge is -2.19. The lowest BCUT2D eigenvalue weighted by atomic mass is 9.94. The van der Waals surface area contributed by atoms with Crippen molar-refractivity contribution >= 4 is 34.2 Å². The van der Waals surface area contributed by atoms with Crippen molar-refractivity contribution in [2.24, 2.45) is 5.92 Å². The topological polar surface area (TPSA) is 103 Å². The SMILES string of the molecule is CC[C@@H](O)CNC(=O)Nc1ccc2nc(-c3ccccc3)c(-c3ccccc3)c(NC(=O)C3CC3)c2c1. The van der Waals surface area contributed by atoms with Crippen LogP contribution in [0.4, 0.5) is 16.2 Å². The highest BCUT2D eigenvalue weighted by atomic mass is 16.3. The molecular formula is C30H30N4O3. The number of benzene rings is 3. The van der Waals surface area contributed by atoms with Gasteiger partial charge >= 0.3 is 6.03 Å². The fourth-order valence-electron chi connectivity index (χ4n) is 4.26. The zero-order valence-corrected chi connectivity index (χ0v) is 20.7. The minimum atomic E-state index is -0.597. The summed E-state index contributed by atoms with van der Waals surface area (Å²) in [5.74, 6) is 0.0115. The molecule has 0 saturated heterocycles. The summed E-state index contributed by atoms with van der Waals surface area (Å²) in [5, 5.41) is 19.2. The fourth-order valence-corrected chi connectivity index (χ4v) is 4.26. The van der Waals surface area contributed by atoms with E-state index in [9.17, 15) is 14.7 Å². The van der Waals surface area contributed by atoms with Gasteiger partial charge in [0.25, 0.3) is 0 Å². The van der Waals surface area contributed by atoms with Gasteiger partial charge < -0.3 is 21.1 Å². The van der Waals surface area contributed by atoms with E-state index < -0.39 is 12.1 Å². The molecule has 1 atom stereocenters. The van der Waals surface area contributed by atoms with Gasteiger partial charge in [-0.05, 0) is 43.0 Å². The fraction of sp³-hybridized carbons (Fsp3) is 0.233. The summed E-state index contributed by atoms with van der Waals surface area (Å²) >= 11 is 0. The van der Waals surface area contributed by atoms with E-state index in [4.69, 9.17) is 4.98 Å². The maximum absolute atomic E-state index is 13.1. The number of hydrogen-bond donors (Lipinski definition) is 4. The number of fused-ring (bicyclic) bond motifs is 1. The minimum absolute atomic E-state index is 0.00616. The summed E-state index contributed by atoms with van der Waals surface area (Å²) in [7, 11) is 0. The van der Waals surface area contributed by atoms with E-state index in [0.717, 1.165) is 40.6 Å². The molecule has 4 N–H and O–H groups in total. The van der Waals surface area contributed by atoms with E-state index >= 15 is 0 Å². The normalized spacial score (nSPS) is 13.7. The Hall–Kier alpha value is -4.23. The number of aliphatic hydroxyl groups is 1. The third kappa shape index (κ3) is 5.62. The zero-order valence-electron chi connectivity index (χ0n) is 20.7. The van der Waals surface area contributed by atoms with Gasteiger partial charge in [-0.25, -0.2) is 9.78 Å². The van der Waals surface area contributed by atoms with Crippen LogP contribution in [-0.4, -0.2) is 34.7 Å². The summed E-state index contributed by atoms with van der Waals surface area (Å²) in [6.45, 7) is 2.02. The molecule has 5 rings (SSSR count). The van der Waals surface area contributed by atoms with Gasteiger partial charge in [-0.1, -0.05) is 67.6 Å². The molecule has 0 bridgehead atoms. The standard InChI is InChI=1S/C30H30N4O3/c1-2-23(35)18-31-30(37)32-22-15-16-25-24(17-22)28(34-29(36)21-13-14-21)26(19-9-5-3-6-10-19)27(33-25)20-11-7-4-8-12-20/h3-12,15-17,21,23,35H,2,13-14,18H2,1H3,(H2,31,32,37)(H,33,34,36)/t23-/m1/s1. The first-order valence-electron chi connectivity index (χ1n) is 12.7. The van der Waals surface area contributed by atoms with Crippen molar-refractivity contribution in [2.45, 2.75) is 32.3 Å². The second kappa shape index (κ2) is 10.8. The summed E-state index contributed by atoms with van der Waals surface area (Å²) in [5.41, 5.74) is 5.44. The summed E-state index contributed by atoms with van der Waals surface area (Å²) in [6, 6.07) is 24.9. The van der Waals surface area contributed by atoms with Gasteiger partial charge in [0.2, 0.25) is 5.91 Å². The molecule has 0 spiro atoms. The van der Waals surface area contributed by atoms with E-state index in [2.05, 4.69) is 16.0 Å². The smallest absolute Gasteiger partial charge is 0.319 e. The van der Waals surface area contributed by atoms with Crippen LogP contribution in [0.15, 0.2) is 78.9 Å². The van der Waals surface area contributed by atoms with Crippen molar-refractivity contribution in [3.63, 3.8) is 0 Å². The highest BCUT2D eigenvalue weighted by Gasteiger charge is 2.31. The molecule has 0 aliphatic heterocycles. The van der Waals surface area contributed by atoms with Crippen LogP contribution in [0.3, 0.4) is 0 Å². The molecule has 1 aliphatic rings. The first-order chi connectivity index (χ1) is 18.0. The lowest BCUT2D eigenvalue weighted by molar-refractivity contribution is -0.117. The van der Waals surface area contributed by atoms with Crippen molar-refractivity contribution in [3.8, 4) is 22.4 Å². The molecule has 7 heteroatoms.